The largest absolute Gasteiger partial charge is 0.480 e. The molecule has 0 fully saturated rings. The summed E-state index contributed by atoms with van der Waals surface area (Å²) in [6.45, 7) is -0.401. The Bertz CT molecular complexity index is 621. The van der Waals surface area contributed by atoms with Crippen molar-refractivity contribution in [3.63, 3.8) is 0 Å². The molecule has 0 aliphatic rings. The van der Waals surface area contributed by atoms with Gasteiger partial charge in [0.1, 0.15) is 12.1 Å². The zero-order valence-electron chi connectivity index (χ0n) is 15.2. The van der Waals surface area contributed by atoms with E-state index in [0.29, 0.717) is 6.42 Å². The van der Waals surface area contributed by atoms with Gasteiger partial charge in [0.2, 0.25) is 0 Å². The lowest BCUT2D eigenvalue weighted by Crippen LogP contribution is -2.72. The Labute approximate surface area is 165 Å². The van der Waals surface area contributed by atoms with Crippen molar-refractivity contribution in [3.05, 3.63) is 0 Å². The van der Waals surface area contributed by atoms with Crippen LogP contribution in [-0.2, 0) is 4.79 Å². The first-order valence-corrected chi connectivity index (χ1v) is 8.14. The number of aliphatic hydroxyl groups excluding tert-OH is 1. The Morgan fingerprint density at radius 1 is 0.806 bits per heavy atom. The lowest BCUT2D eigenvalue weighted by Gasteiger charge is -2.40. The monoisotopic (exact) mass is 493 g/mol. The highest BCUT2D eigenvalue weighted by molar-refractivity contribution is 5.73. The van der Waals surface area contributed by atoms with Crippen molar-refractivity contribution in [2.75, 3.05) is 6.54 Å². The summed E-state index contributed by atoms with van der Waals surface area (Å²) in [5.74, 6) is -40.1. The van der Waals surface area contributed by atoms with E-state index in [0.717, 1.165) is 0 Å². The molecule has 2 atom stereocenters. The number of rotatable bonds is 12. The minimum Gasteiger partial charge on any atom is -0.480 e. The molecule has 0 aromatic rings. The van der Waals surface area contributed by atoms with E-state index in [1.54, 1.807) is 12.2 Å². The average molecular weight is 493 g/mol. The van der Waals surface area contributed by atoms with E-state index in [4.69, 9.17) is 10.2 Å². The minimum atomic E-state index is -8.07. The number of aliphatic carboxylic acids is 1. The fourth-order valence-electron chi connectivity index (χ4n) is 2.09. The van der Waals surface area contributed by atoms with Crippen LogP contribution in [0.15, 0.2) is 0 Å². The lowest BCUT2D eigenvalue weighted by atomic mass is 9.91. The highest BCUT2D eigenvalue weighted by Gasteiger charge is 2.91. The van der Waals surface area contributed by atoms with Gasteiger partial charge >= 0.3 is 41.8 Å². The molecular formula is C14H16F13NO3. The Kier molecular flexibility index (Phi) is 8.70. The molecule has 0 saturated heterocycles. The smallest absolute Gasteiger partial charge is 0.460 e. The highest BCUT2D eigenvalue weighted by atomic mass is 19.4. The molecule has 0 saturated carbocycles. The van der Waals surface area contributed by atoms with E-state index in [1.165, 1.54) is 0 Å². The molecule has 17 heteroatoms. The van der Waals surface area contributed by atoms with Gasteiger partial charge in [-0.15, -0.1) is 0 Å². The van der Waals surface area contributed by atoms with E-state index in [9.17, 15) is 61.9 Å². The van der Waals surface area contributed by atoms with Crippen molar-refractivity contribution in [2.24, 2.45) is 0 Å². The summed E-state index contributed by atoms with van der Waals surface area (Å²) in [6.07, 6.45) is -11.5. The molecule has 4 nitrogen and oxygen atoms in total. The van der Waals surface area contributed by atoms with Crippen molar-refractivity contribution >= 4 is 5.97 Å². The zero-order valence-corrected chi connectivity index (χ0v) is 15.2. The maximum absolute atomic E-state index is 13.7. The molecular weight excluding hydrogens is 477 g/mol. The molecule has 0 radical (unpaired) electrons. The predicted molar refractivity (Wildman–Crippen MR) is 75.7 cm³/mol. The van der Waals surface area contributed by atoms with Crippen LogP contribution in [0.2, 0.25) is 0 Å². The van der Waals surface area contributed by atoms with E-state index in [2.05, 4.69) is 0 Å². The van der Waals surface area contributed by atoms with Crippen LogP contribution >= 0.6 is 0 Å². The second kappa shape index (κ2) is 9.15. The molecule has 0 amide bonds. The Morgan fingerprint density at radius 2 is 1.23 bits per heavy atom. The maximum Gasteiger partial charge on any atom is 0.460 e. The van der Waals surface area contributed by atoms with Crippen LogP contribution in [0.5, 0.6) is 0 Å². The summed E-state index contributed by atoms with van der Waals surface area (Å²) >= 11 is 0. The Hall–Kier alpha value is -1.52. The van der Waals surface area contributed by atoms with Crippen molar-refractivity contribution < 1.29 is 72.1 Å². The Morgan fingerprint density at radius 3 is 1.58 bits per heavy atom. The van der Waals surface area contributed by atoms with Crippen molar-refractivity contribution in [3.8, 4) is 0 Å². The molecule has 0 spiro atoms. The summed E-state index contributed by atoms with van der Waals surface area (Å²) in [5.41, 5.74) is 0. The average Bonchev–Trinajstić information content (AvgIpc) is 2.59. The first-order chi connectivity index (χ1) is 13.5. The van der Waals surface area contributed by atoms with Crippen LogP contribution in [0.25, 0.3) is 0 Å². The molecule has 3 N–H and O–H groups in total. The highest BCUT2D eigenvalue weighted by Crippen LogP contribution is 2.60. The molecule has 31 heavy (non-hydrogen) atoms. The number of unbranched alkanes of at least 4 members (excludes halogenated alkanes) is 1. The number of carboxylic acids is 1. The van der Waals surface area contributed by atoms with Gasteiger partial charge in [0.05, 0.1) is 0 Å². The third-order valence-electron chi connectivity index (χ3n) is 4.08. The second-order valence-electron chi connectivity index (χ2n) is 6.38. The molecule has 0 aliphatic heterocycles. The van der Waals surface area contributed by atoms with Gasteiger partial charge < -0.3 is 15.5 Å². The third-order valence-corrected chi connectivity index (χ3v) is 4.08. The first-order valence-electron chi connectivity index (χ1n) is 8.14. The number of carboxylic acid groups (broad SMARTS) is 1. The molecule has 0 aromatic heterocycles. The van der Waals surface area contributed by atoms with Gasteiger partial charge in [0.25, 0.3) is 0 Å². The predicted octanol–water partition coefficient (Wildman–Crippen LogP) is 4.32. The minimum absolute atomic E-state index is 0.115. The van der Waals surface area contributed by atoms with E-state index in [1.807, 2.05) is 0 Å². The van der Waals surface area contributed by atoms with Crippen LogP contribution in [-0.4, -0.2) is 70.7 Å². The quantitative estimate of drug-likeness (QED) is 0.355. The molecule has 0 aliphatic carbocycles. The summed E-state index contributed by atoms with van der Waals surface area (Å²) in [7, 11) is 0. The maximum atomic E-state index is 13.7. The van der Waals surface area contributed by atoms with Crippen LogP contribution in [0, 0.1) is 0 Å². The van der Waals surface area contributed by atoms with Gasteiger partial charge in [0, 0.05) is 6.54 Å². The second-order valence-corrected chi connectivity index (χ2v) is 6.38. The van der Waals surface area contributed by atoms with Gasteiger partial charge in [-0.25, -0.2) is 0 Å². The standard InChI is InChI=1S/C14H16F13NO3/c1-2-3-4-6(8(30)31)28-5-7(29)9(15,16)10(17,18)11(19,20)12(21,22)13(23,24)14(25,26)27/h6-7,28-29H,2-5H2,1H3,(H,30,31)/t6-,7-/m0/s1. The number of aliphatic hydroxyl groups is 1. The topological polar surface area (TPSA) is 69.6 Å². The van der Waals surface area contributed by atoms with Crippen molar-refractivity contribution in [2.45, 2.75) is 74.1 Å². The van der Waals surface area contributed by atoms with Crippen molar-refractivity contribution in [1.82, 2.24) is 5.32 Å². The number of carbonyl (C=O) groups is 1. The lowest BCUT2D eigenvalue weighted by molar-refractivity contribution is -0.444. The zero-order chi connectivity index (χ0) is 25.3. The summed E-state index contributed by atoms with van der Waals surface area (Å²) in [6, 6.07) is -1.80. The summed E-state index contributed by atoms with van der Waals surface area (Å²) in [5, 5.41) is 19.4. The molecule has 0 aromatic carbocycles. The van der Waals surface area contributed by atoms with Gasteiger partial charge in [-0.3, -0.25) is 4.79 Å². The summed E-state index contributed by atoms with van der Waals surface area (Å²) in [4.78, 5) is 10.9. The van der Waals surface area contributed by atoms with Crippen LogP contribution in [0.3, 0.4) is 0 Å². The first kappa shape index (κ1) is 29.5. The van der Waals surface area contributed by atoms with E-state index >= 15 is 0 Å². The van der Waals surface area contributed by atoms with E-state index in [-0.39, 0.29) is 12.8 Å². The van der Waals surface area contributed by atoms with Crippen LogP contribution < -0.4 is 5.32 Å². The van der Waals surface area contributed by atoms with Gasteiger partial charge in [-0.05, 0) is 6.42 Å². The number of hydrogen-bond donors (Lipinski definition) is 3. The van der Waals surface area contributed by atoms with Crippen molar-refractivity contribution in [1.29, 1.82) is 0 Å². The Balaban J connectivity index is 5.91. The normalized spacial score (nSPS) is 16.9. The van der Waals surface area contributed by atoms with E-state index < -0.39 is 60.4 Å². The van der Waals surface area contributed by atoms with Gasteiger partial charge in [0.15, 0.2) is 0 Å². The van der Waals surface area contributed by atoms with Crippen LogP contribution in [0.4, 0.5) is 57.1 Å². The molecule has 0 bridgehead atoms. The molecule has 0 unspecified atom stereocenters. The number of hydrogen-bond acceptors (Lipinski definition) is 3. The van der Waals surface area contributed by atoms with Gasteiger partial charge in [-0.2, -0.15) is 57.1 Å². The fraction of sp³-hybridized carbons (Fsp3) is 0.929. The molecule has 186 valence electrons. The third kappa shape index (κ3) is 5.12. The summed E-state index contributed by atoms with van der Waals surface area (Å²) < 4.78 is 169. The molecule has 0 heterocycles. The SMILES string of the molecule is CCCC[C@H](NC[C@H](O)C(F)(F)C(F)(F)C(F)(F)C(F)(F)C(F)(F)C(F)(F)F)C(=O)O. The van der Waals surface area contributed by atoms with Gasteiger partial charge in [-0.1, -0.05) is 19.8 Å². The molecule has 0 rings (SSSR count). The fourth-order valence-corrected chi connectivity index (χ4v) is 2.09. The number of halogens is 13. The number of nitrogens with one attached hydrogen (secondary N) is 1. The van der Waals surface area contributed by atoms with Crippen LogP contribution in [0.1, 0.15) is 26.2 Å². The number of alkyl halides is 13.